The van der Waals surface area contributed by atoms with Gasteiger partial charge in [-0.3, -0.25) is 4.79 Å². The van der Waals surface area contributed by atoms with E-state index in [1.54, 1.807) is 37.4 Å². The van der Waals surface area contributed by atoms with E-state index in [0.29, 0.717) is 32.2 Å². The number of carbonyl (C=O) groups is 3. The Labute approximate surface area is 160 Å². The van der Waals surface area contributed by atoms with E-state index < -0.39 is 11.9 Å². The smallest absolute Gasteiger partial charge is 0.353 e. The lowest BCUT2D eigenvalue weighted by Gasteiger charge is -2.09. The minimum atomic E-state index is -0.685. The molecule has 3 rings (SSSR count). The van der Waals surface area contributed by atoms with Gasteiger partial charge in [0.2, 0.25) is 0 Å². The topological polar surface area (TPSA) is 82.8 Å². The van der Waals surface area contributed by atoms with Gasteiger partial charge in [-0.1, -0.05) is 6.07 Å². The molecule has 0 radical (unpaired) electrons. The molecule has 3 aromatic rings. The van der Waals surface area contributed by atoms with Crippen LogP contribution >= 0.6 is 27.3 Å². The third kappa shape index (κ3) is 3.17. The van der Waals surface area contributed by atoms with Crippen molar-refractivity contribution in [1.29, 1.82) is 0 Å². The molecular formula is C18H13BrO6S. The minimum Gasteiger partial charge on any atom is -0.462 e. The van der Waals surface area contributed by atoms with Gasteiger partial charge < -0.3 is 13.9 Å². The summed E-state index contributed by atoms with van der Waals surface area (Å²) in [4.78, 5) is 36.4. The van der Waals surface area contributed by atoms with E-state index in [1.807, 2.05) is 0 Å². The van der Waals surface area contributed by atoms with Gasteiger partial charge in [0.1, 0.15) is 21.8 Å². The number of fused-ring (bicyclic) bond motifs is 1. The molecule has 0 bridgehead atoms. The molecule has 0 amide bonds. The van der Waals surface area contributed by atoms with Crippen molar-refractivity contribution in [2.24, 2.45) is 0 Å². The first-order valence-electron chi connectivity index (χ1n) is 7.61. The summed E-state index contributed by atoms with van der Waals surface area (Å²) >= 11 is 4.62. The van der Waals surface area contributed by atoms with Crippen LogP contribution in [-0.4, -0.2) is 24.8 Å². The second kappa shape index (κ2) is 7.43. The van der Waals surface area contributed by atoms with Crippen LogP contribution in [0.5, 0.6) is 5.75 Å². The maximum atomic E-state index is 12.3. The molecule has 0 aliphatic rings. The number of benzene rings is 1. The minimum absolute atomic E-state index is 0.000785. The summed E-state index contributed by atoms with van der Waals surface area (Å²) < 4.78 is 16.3. The number of thiophene rings is 1. The monoisotopic (exact) mass is 436 g/mol. The molecule has 2 aromatic heterocycles. The van der Waals surface area contributed by atoms with Gasteiger partial charge in [-0.15, -0.1) is 11.3 Å². The molecule has 0 saturated heterocycles. The van der Waals surface area contributed by atoms with Crippen molar-refractivity contribution in [1.82, 2.24) is 0 Å². The number of furan rings is 1. The molecule has 0 aliphatic heterocycles. The standard InChI is InChI=1S/C18H13BrO6S/c1-3-23-18(22)13-11(8-20)24-16-9(2)7-10(15(19)14(13)16)25-17(21)12-5-4-6-26-12/h4-8H,3H2,1-2H3. The number of rotatable bonds is 5. The molecule has 26 heavy (non-hydrogen) atoms. The predicted octanol–water partition coefficient (Wildman–Crippen LogP) is 4.77. The molecule has 6 nitrogen and oxygen atoms in total. The van der Waals surface area contributed by atoms with Crippen LogP contribution in [-0.2, 0) is 4.74 Å². The summed E-state index contributed by atoms with van der Waals surface area (Å²) in [6, 6.07) is 5.00. The molecule has 0 unspecified atom stereocenters. The van der Waals surface area contributed by atoms with Gasteiger partial charge in [0.25, 0.3) is 0 Å². The lowest BCUT2D eigenvalue weighted by molar-refractivity contribution is 0.0524. The first-order chi connectivity index (χ1) is 12.5. The number of hydrogen-bond donors (Lipinski definition) is 0. The largest absolute Gasteiger partial charge is 0.462 e. The molecule has 0 fully saturated rings. The van der Waals surface area contributed by atoms with Crippen LogP contribution in [0.25, 0.3) is 11.0 Å². The molecular weight excluding hydrogens is 424 g/mol. The Bertz CT molecular complexity index is 1000. The van der Waals surface area contributed by atoms with E-state index in [-0.39, 0.29) is 23.7 Å². The van der Waals surface area contributed by atoms with Gasteiger partial charge in [-0.25, -0.2) is 9.59 Å². The first-order valence-corrected chi connectivity index (χ1v) is 9.28. The number of esters is 2. The highest BCUT2D eigenvalue weighted by Gasteiger charge is 2.27. The zero-order chi connectivity index (χ0) is 18.8. The predicted molar refractivity (Wildman–Crippen MR) is 99.3 cm³/mol. The Morgan fingerprint density at radius 2 is 2.12 bits per heavy atom. The average molecular weight is 437 g/mol. The third-order valence-corrected chi connectivity index (χ3v) is 5.23. The Kier molecular flexibility index (Phi) is 5.24. The number of halogens is 1. The van der Waals surface area contributed by atoms with Gasteiger partial charge in [-0.2, -0.15) is 0 Å². The van der Waals surface area contributed by atoms with Crippen LogP contribution in [0.4, 0.5) is 0 Å². The van der Waals surface area contributed by atoms with Crippen molar-refractivity contribution in [2.45, 2.75) is 13.8 Å². The van der Waals surface area contributed by atoms with Crippen molar-refractivity contribution >= 4 is 56.5 Å². The van der Waals surface area contributed by atoms with Crippen LogP contribution in [0, 0.1) is 6.92 Å². The molecule has 1 aromatic carbocycles. The van der Waals surface area contributed by atoms with E-state index >= 15 is 0 Å². The fourth-order valence-corrected chi connectivity index (χ4v) is 3.67. The zero-order valence-corrected chi connectivity index (χ0v) is 16.2. The molecule has 2 heterocycles. The fourth-order valence-electron chi connectivity index (χ4n) is 2.49. The Hall–Kier alpha value is -2.45. The quantitative estimate of drug-likeness (QED) is 0.325. The molecule has 0 N–H and O–H groups in total. The second-order valence-corrected chi connectivity index (χ2v) is 7.00. The van der Waals surface area contributed by atoms with Gasteiger partial charge in [0.05, 0.1) is 16.5 Å². The zero-order valence-electron chi connectivity index (χ0n) is 13.8. The van der Waals surface area contributed by atoms with Crippen LogP contribution < -0.4 is 4.74 Å². The van der Waals surface area contributed by atoms with Crippen molar-refractivity contribution in [3.8, 4) is 5.75 Å². The van der Waals surface area contributed by atoms with E-state index in [0.717, 1.165) is 0 Å². The first kappa shape index (κ1) is 18.3. The Balaban J connectivity index is 2.16. The summed E-state index contributed by atoms with van der Waals surface area (Å²) in [5, 5.41) is 2.10. The summed E-state index contributed by atoms with van der Waals surface area (Å²) in [5.74, 6) is -1.12. The van der Waals surface area contributed by atoms with Crippen LogP contribution in [0.2, 0.25) is 0 Å². The third-order valence-electron chi connectivity index (χ3n) is 3.59. The fraction of sp³-hybridized carbons (Fsp3) is 0.167. The van der Waals surface area contributed by atoms with E-state index in [9.17, 15) is 14.4 Å². The molecule has 0 saturated carbocycles. The maximum absolute atomic E-state index is 12.3. The van der Waals surface area contributed by atoms with Crippen LogP contribution in [0.1, 0.15) is 43.1 Å². The van der Waals surface area contributed by atoms with E-state index in [4.69, 9.17) is 13.9 Å². The molecule has 0 aliphatic carbocycles. The summed E-state index contributed by atoms with van der Waals surface area (Å²) in [6.45, 7) is 3.53. The summed E-state index contributed by atoms with van der Waals surface area (Å²) in [5.41, 5.74) is 0.953. The van der Waals surface area contributed by atoms with Crippen molar-refractivity contribution in [3.05, 3.63) is 49.8 Å². The van der Waals surface area contributed by atoms with Gasteiger partial charge in [0.15, 0.2) is 12.0 Å². The highest BCUT2D eigenvalue weighted by Crippen LogP contribution is 2.40. The summed E-state index contributed by atoms with van der Waals surface area (Å²) in [6.07, 6.45) is 0.454. The molecule has 0 atom stereocenters. The van der Waals surface area contributed by atoms with Crippen molar-refractivity contribution in [3.63, 3.8) is 0 Å². The highest BCUT2D eigenvalue weighted by molar-refractivity contribution is 9.10. The number of aryl methyl sites for hydroxylation is 1. The maximum Gasteiger partial charge on any atom is 0.353 e. The lowest BCUT2D eigenvalue weighted by Crippen LogP contribution is -2.08. The second-order valence-electron chi connectivity index (χ2n) is 5.26. The van der Waals surface area contributed by atoms with Crippen molar-refractivity contribution < 1.29 is 28.3 Å². The van der Waals surface area contributed by atoms with Crippen LogP contribution in [0.15, 0.2) is 32.5 Å². The number of aldehydes is 1. The summed E-state index contributed by atoms with van der Waals surface area (Å²) in [7, 11) is 0. The average Bonchev–Trinajstić information content (AvgIpc) is 3.27. The normalized spacial score (nSPS) is 10.7. The van der Waals surface area contributed by atoms with Gasteiger partial charge >= 0.3 is 11.9 Å². The van der Waals surface area contributed by atoms with Gasteiger partial charge in [-0.05, 0) is 52.9 Å². The SMILES string of the molecule is CCOC(=O)c1c(C=O)oc2c(C)cc(OC(=O)c3cccs3)c(Br)c12. The van der Waals surface area contributed by atoms with E-state index in [1.165, 1.54) is 11.3 Å². The highest BCUT2D eigenvalue weighted by atomic mass is 79.9. The molecule has 134 valence electrons. The van der Waals surface area contributed by atoms with Gasteiger partial charge in [0, 0.05) is 0 Å². The Morgan fingerprint density at radius 1 is 1.35 bits per heavy atom. The number of hydrogen-bond acceptors (Lipinski definition) is 7. The molecule has 8 heteroatoms. The molecule has 0 spiro atoms. The van der Waals surface area contributed by atoms with Crippen LogP contribution in [0.3, 0.4) is 0 Å². The number of carbonyl (C=O) groups excluding carboxylic acids is 3. The Morgan fingerprint density at radius 3 is 2.73 bits per heavy atom. The lowest BCUT2D eigenvalue weighted by atomic mass is 10.1. The van der Waals surface area contributed by atoms with E-state index in [2.05, 4.69) is 15.9 Å². The number of ether oxygens (including phenoxy) is 2. The van der Waals surface area contributed by atoms with Crippen molar-refractivity contribution in [2.75, 3.05) is 6.61 Å².